The highest BCUT2D eigenvalue weighted by molar-refractivity contribution is 5.93. The van der Waals surface area contributed by atoms with Crippen LogP contribution in [-0.4, -0.2) is 46.5 Å². The maximum atomic E-state index is 13.0. The molecule has 6 heteroatoms. The van der Waals surface area contributed by atoms with E-state index in [2.05, 4.69) is 4.98 Å². The molecular formula is C12H12FN3O2. The molecule has 18 heavy (non-hydrogen) atoms. The zero-order chi connectivity index (χ0) is 12.5. The molecule has 94 valence electrons. The number of morpholine rings is 1. The first-order valence-electron chi connectivity index (χ1n) is 5.75. The highest BCUT2D eigenvalue weighted by atomic mass is 19.1. The largest absolute Gasteiger partial charge is 0.378 e. The molecule has 1 amide bonds. The molecular weight excluding hydrogens is 237 g/mol. The summed E-state index contributed by atoms with van der Waals surface area (Å²) in [6.45, 7) is 2.24. The van der Waals surface area contributed by atoms with Crippen molar-refractivity contribution < 1.29 is 13.9 Å². The van der Waals surface area contributed by atoms with Crippen LogP contribution in [0.5, 0.6) is 0 Å². The quantitative estimate of drug-likeness (QED) is 0.756. The minimum atomic E-state index is -0.356. The van der Waals surface area contributed by atoms with E-state index in [0.29, 0.717) is 37.6 Å². The summed E-state index contributed by atoms with van der Waals surface area (Å²) in [6, 6.07) is 2.87. The van der Waals surface area contributed by atoms with E-state index in [1.54, 1.807) is 17.2 Å². The molecule has 0 unspecified atom stereocenters. The Bertz CT molecular complexity index is 590. The molecule has 2 aromatic rings. The third kappa shape index (κ3) is 1.95. The Morgan fingerprint density at radius 1 is 1.28 bits per heavy atom. The maximum absolute atomic E-state index is 13.0. The monoisotopic (exact) mass is 249 g/mol. The first kappa shape index (κ1) is 11.2. The average Bonchev–Trinajstić information content (AvgIpc) is 2.81. The van der Waals surface area contributed by atoms with Crippen molar-refractivity contribution in [3.63, 3.8) is 0 Å². The highest BCUT2D eigenvalue weighted by Gasteiger charge is 2.20. The SMILES string of the molecule is O=C(c1cn2cc(F)ccc2n1)N1CCOCC1. The molecule has 5 nitrogen and oxygen atoms in total. The van der Waals surface area contributed by atoms with Crippen molar-refractivity contribution in [3.05, 3.63) is 36.0 Å². The topological polar surface area (TPSA) is 46.8 Å². The third-order valence-electron chi connectivity index (χ3n) is 2.93. The number of rotatable bonds is 1. The number of ether oxygens (including phenoxy) is 1. The number of fused-ring (bicyclic) bond motifs is 1. The molecule has 2 aromatic heterocycles. The Labute approximate surface area is 103 Å². The molecule has 0 aromatic carbocycles. The smallest absolute Gasteiger partial charge is 0.274 e. The zero-order valence-corrected chi connectivity index (χ0v) is 9.67. The summed E-state index contributed by atoms with van der Waals surface area (Å²) in [5.41, 5.74) is 0.899. The van der Waals surface area contributed by atoms with Gasteiger partial charge in [-0.25, -0.2) is 9.37 Å². The minimum absolute atomic E-state index is 0.137. The van der Waals surface area contributed by atoms with E-state index in [1.165, 1.54) is 16.7 Å². The lowest BCUT2D eigenvalue weighted by atomic mass is 10.3. The Morgan fingerprint density at radius 2 is 2.06 bits per heavy atom. The van der Waals surface area contributed by atoms with Crippen molar-refractivity contribution in [2.24, 2.45) is 0 Å². The van der Waals surface area contributed by atoms with E-state index in [0.717, 1.165) is 0 Å². The molecule has 1 aliphatic heterocycles. The fourth-order valence-electron chi connectivity index (χ4n) is 2.00. The summed E-state index contributed by atoms with van der Waals surface area (Å²) >= 11 is 0. The van der Waals surface area contributed by atoms with E-state index in [4.69, 9.17) is 4.74 Å². The number of amides is 1. The molecule has 0 N–H and O–H groups in total. The second kappa shape index (κ2) is 4.38. The van der Waals surface area contributed by atoms with Crippen LogP contribution in [-0.2, 0) is 4.74 Å². The van der Waals surface area contributed by atoms with Crippen molar-refractivity contribution in [1.29, 1.82) is 0 Å². The molecule has 1 fully saturated rings. The number of nitrogens with zero attached hydrogens (tertiary/aromatic N) is 3. The molecule has 0 spiro atoms. The van der Waals surface area contributed by atoms with Gasteiger partial charge in [-0.1, -0.05) is 0 Å². The van der Waals surface area contributed by atoms with Gasteiger partial charge in [0.25, 0.3) is 5.91 Å². The molecule has 1 saturated heterocycles. The summed E-state index contributed by atoms with van der Waals surface area (Å²) in [5.74, 6) is -0.493. The number of hydrogen-bond donors (Lipinski definition) is 0. The Hall–Kier alpha value is -1.95. The van der Waals surface area contributed by atoms with Crippen LogP contribution in [0.25, 0.3) is 5.65 Å². The number of aromatic nitrogens is 2. The normalized spacial score (nSPS) is 16.2. The van der Waals surface area contributed by atoms with Crippen molar-refractivity contribution in [3.8, 4) is 0 Å². The molecule has 0 radical (unpaired) electrons. The van der Waals surface area contributed by atoms with Gasteiger partial charge >= 0.3 is 0 Å². The van der Waals surface area contributed by atoms with E-state index < -0.39 is 0 Å². The van der Waals surface area contributed by atoms with Crippen LogP contribution in [0.15, 0.2) is 24.5 Å². The number of imidazole rings is 1. The maximum Gasteiger partial charge on any atom is 0.274 e. The molecule has 1 aliphatic rings. The zero-order valence-electron chi connectivity index (χ0n) is 9.67. The average molecular weight is 249 g/mol. The van der Waals surface area contributed by atoms with Crippen LogP contribution in [0, 0.1) is 5.82 Å². The highest BCUT2D eigenvalue weighted by Crippen LogP contribution is 2.10. The lowest BCUT2D eigenvalue weighted by Gasteiger charge is -2.25. The number of carbonyl (C=O) groups is 1. The molecule has 3 heterocycles. The van der Waals surface area contributed by atoms with E-state index >= 15 is 0 Å². The lowest BCUT2D eigenvalue weighted by Crippen LogP contribution is -2.40. The Morgan fingerprint density at radius 3 is 2.83 bits per heavy atom. The van der Waals surface area contributed by atoms with Gasteiger partial charge in [0.2, 0.25) is 0 Å². The molecule has 0 saturated carbocycles. The number of pyridine rings is 1. The minimum Gasteiger partial charge on any atom is -0.378 e. The molecule has 0 bridgehead atoms. The number of hydrogen-bond acceptors (Lipinski definition) is 3. The summed E-state index contributed by atoms with van der Waals surface area (Å²) in [5, 5.41) is 0. The van der Waals surface area contributed by atoms with Crippen molar-refractivity contribution in [1.82, 2.24) is 14.3 Å². The van der Waals surface area contributed by atoms with Gasteiger partial charge in [0.05, 0.1) is 13.2 Å². The molecule has 0 atom stereocenters. The van der Waals surface area contributed by atoms with Gasteiger partial charge < -0.3 is 14.0 Å². The van der Waals surface area contributed by atoms with Gasteiger partial charge in [-0.2, -0.15) is 0 Å². The summed E-state index contributed by atoms with van der Waals surface area (Å²) in [4.78, 5) is 18.0. The van der Waals surface area contributed by atoms with Gasteiger partial charge in [-0.3, -0.25) is 4.79 Å². The van der Waals surface area contributed by atoms with Crippen LogP contribution in [0.3, 0.4) is 0 Å². The summed E-state index contributed by atoms with van der Waals surface area (Å²) in [6.07, 6.45) is 2.86. The van der Waals surface area contributed by atoms with Crippen LogP contribution in [0.4, 0.5) is 4.39 Å². The molecule has 3 rings (SSSR count). The van der Waals surface area contributed by atoms with Crippen molar-refractivity contribution >= 4 is 11.6 Å². The van der Waals surface area contributed by atoms with Gasteiger partial charge in [-0.15, -0.1) is 0 Å². The summed E-state index contributed by atoms with van der Waals surface area (Å²) < 4.78 is 19.7. The van der Waals surface area contributed by atoms with Crippen LogP contribution in [0.2, 0.25) is 0 Å². The predicted molar refractivity (Wildman–Crippen MR) is 61.9 cm³/mol. The first-order valence-corrected chi connectivity index (χ1v) is 5.75. The Kier molecular flexibility index (Phi) is 2.71. The van der Waals surface area contributed by atoms with Crippen molar-refractivity contribution in [2.75, 3.05) is 26.3 Å². The van der Waals surface area contributed by atoms with Gasteiger partial charge in [-0.05, 0) is 12.1 Å². The standard InChI is InChI=1S/C12H12FN3O2/c13-9-1-2-11-14-10(8-16(11)7-9)12(17)15-3-5-18-6-4-15/h1-2,7-8H,3-6H2. The third-order valence-corrected chi connectivity index (χ3v) is 2.93. The Balaban J connectivity index is 1.91. The van der Waals surface area contributed by atoms with E-state index in [1.807, 2.05) is 0 Å². The summed E-state index contributed by atoms with van der Waals surface area (Å²) in [7, 11) is 0. The predicted octanol–water partition coefficient (Wildman–Crippen LogP) is 0.946. The second-order valence-corrected chi connectivity index (χ2v) is 4.14. The fourth-order valence-corrected chi connectivity index (χ4v) is 2.00. The lowest BCUT2D eigenvalue weighted by molar-refractivity contribution is 0.0299. The van der Waals surface area contributed by atoms with Gasteiger partial charge in [0, 0.05) is 25.5 Å². The number of carbonyl (C=O) groups excluding carboxylic acids is 1. The van der Waals surface area contributed by atoms with Gasteiger partial charge in [0.15, 0.2) is 0 Å². The van der Waals surface area contributed by atoms with Crippen LogP contribution in [0.1, 0.15) is 10.5 Å². The second-order valence-electron chi connectivity index (χ2n) is 4.14. The fraction of sp³-hybridized carbons (Fsp3) is 0.333. The number of halogens is 1. The van der Waals surface area contributed by atoms with Crippen LogP contribution >= 0.6 is 0 Å². The molecule has 0 aliphatic carbocycles. The van der Waals surface area contributed by atoms with Crippen molar-refractivity contribution in [2.45, 2.75) is 0 Å². The van der Waals surface area contributed by atoms with E-state index in [-0.39, 0.29) is 11.7 Å². The van der Waals surface area contributed by atoms with Crippen LogP contribution < -0.4 is 0 Å². The first-order chi connectivity index (χ1) is 8.74. The van der Waals surface area contributed by atoms with E-state index in [9.17, 15) is 9.18 Å². The van der Waals surface area contributed by atoms with Gasteiger partial charge in [0.1, 0.15) is 17.2 Å².